The summed E-state index contributed by atoms with van der Waals surface area (Å²) < 4.78 is 2.74. The number of aromatic nitrogens is 3. The summed E-state index contributed by atoms with van der Waals surface area (Å²) >= 11 is 23.0. The van der Waals surface area contributed by atoms with Gasteiger partial charge in [0.25, 0.3) is 0 Å². The quantitative estimate of drug-likeness (QED) is 0.381. The molecular formula is C18H14BrCl3N4OS. The highest BCUT2D eigenvalue weighted by molar-refractivity contribution is 9.10. The number of carbonyl (C=O) groups excluding carboxylic acids is 1. The average Bonchev–Trinajstić information content (AvgIpc) is 3.05. The fourth-order valence-electron chi connectivity index (χ4n) is 2.46. The number of benzene rings is 2. The van der Waals surface area contributed by atoms with Gasteiger partial charge in [0.2, 0.25) is 5.91 Å². The van der Waals surface area contributed by atoms with E-state index in [-0.39, 0.29) is 11.7 Å². The number of anilines is 1. The molecule has 1 aromatic heterocycles. The normalized spacial score (nSPS) is 10.9. The van der Waals surface area contributed by atoms with Crippen molar-refractivity contribution in [2.24, 2.45) is 0 Å². The van der Waals surface area contributed by atoms with Crippen molar-refractivity contribution in [2.75, 3.05) is 11.1 Å². The fourth-order valence-corrected chi connectivity index (χ4v) is 4.47. The number of rotatable bonds is 6. The molecule has 0 fully saturated rings. The Labute approximate surface area is 189 Å². The highest BCUT2D eigenvalue weighted by Gasteiger charge is 2.17. The van der Waals surface area contributed by atoms with Crippen LogP contribution in [0, 0.1) is 0 Å². The molecule has 0 aliphatic carbocycles. The van der Waals surface area contributed by atoms with Crippen LogP contribution in [0.5, 0.6) is 0 Å². The number of halogens is 4. The smallest absolute Gasteiger partial charge is 0.234 e. The van der Waals surface area contributed by atoms with Gasteiger partial charge in [-0.3, -0.25) is 4.79 Å². The zero-order valence-electron chi connectivity index (χ0n) is 14.5. The van der Waals surface area contributed by atoms with Crippen LogP contribution < -0.4 is 5.32 Å². The van der Waals surface area contributed by atoms with E-state index >= 15 is 0 Å². The lowest BCUT2D eigenvalue weighted by Gasteiger charge is -2.09. The van der Waals surface area contributed by atoms with Crippen LogP contribution in [-0.4, -0.2) is 26.4 Å². The van der Waals surface area contributed by atoms with Crippen LogP contribution in [0.4, 0.5) is 5.69 Å². The highest BCUT2D eigenvalue weighted by atomic mass is 79.9. The number of carbonyl (C=O) groups is 1. The van der Waals surface area contributed by atoms with E-state index < -0.39 is 0 Å². The lowest BCUT2D eigenvalue weighted by molar-refractivity contribution is -0.113. The zero-order valence-corrected chi connectivity index (χ0v) is 19.2. The Morgan fingerprint density at radius 1 is 1.14 bits per heavy atom. The number of nitrogens with zero attached hydrogens (tertiary/aromatic N) is 3. The predicted octanol–water partition coefficient (Wildman–Crippen LogP) is 6.42. The minimum absolute atomic E-state index is 0.166. The maximum absolute atomic E-state index is 12.3. The Morgan fingerprint density at radius 3 is 2.61 bits per heavy atom. The molecule has 0 atom stereocenters. The maximum atomic E-state index is 12.3. The average molecular weight is 521 g/mol. The van der Waals surface area contributed by atoms with Gasteiger partial charge in [0.15, 0.2) is 11.0 Å². The molecule has 1 amide bonds. The van der Waals surface area contributed by atoms with Gasteiger partial charge in [-0.15, -0.1) is 10.2 Å². The fraction of sp³-hybridized carbons (Fsp3) is 0.167. The molecule has 2 aromatic carbocycles. The molecule has 0 saturated heterocycles. The summed E-state index contributed by atoms with van der Waals surface area (Å²) in [7, 11) is 0. The van der Waals surface area contributed by atoms with E-state index in [1.165, 1.54) is 11.8 Å². The van der Waals surface area contributed by atoms with Gasteiger partial charge in [-0.2, -0.15) is 0 Å². The summed E-state index contributed by atoms with van der Waals surface area (Å²) in [5, 5.41) is 13.4. The molecule has 0 bridgehead atoms. The van der Waals surface area contributed by atoms with Crippen molar-refractivity contribution in [1.82, 2.24) is 14.8 Å². The molecule has 3 rings (SSSR count). The third-order valence-corrected chi connectivity index (χ3v) is 6.06. The molecule has 28 heavy (non-hydrogen) atoms. The van der Waals surface area contributed by atoms with E-state index in [0.29, 0.717) is 38.3 Å². The van der Waals surface area contributed by atoms with Gasteiger partial charge < -0.3 is 9.88 Å². The largest absolute Gasteiger partial charge is 0.324 e. The van der Waals surface area contributed by atoms with Crippen LogP contribution in [0.25, 0.3) is 11.4 Å². The van der Waals surface area contributed by atoms with E-state index in [1.807, 2.05) is 17.6 Å². The van der Waals surface area contributed by atoms with Gasteiger partial charge in [-0.1, -0.05) is 62.5 Å². The van der Waals surface area contributed by atoms with E-state index in [0.717, 1.165) is 10.0 Å². The molecule has 0 aliphatic heterocycles. The molecule has 1 N–H and O–H groups in total. The third-order valence-electron chi connectivity index (χ3n) is 3.74. The topological polar surface area (TPSA) is 59.8 Å². The van der Waals surface area contributed by atoms with Gasteiger partial charge in [-0.05, 0) is 43.3 Å². The van der Waals surface area contributed by atoms with E-state index in [2.05, 4.69) is 31.4 Å². The summed E-state index contributed by atoms with van der Waals surface area (Å²) in [6.07, 6.45) is 0. The summed E-state index contributed by atoms with van der Waals surface area (Å²) in [4.78, 5) is 12.3. The van der Waals surface area contributed by atoms with Crippen LogP contribution in [-0.2, 0) is 11.3 Å². The molecule has 0 spiro atoms. The second kappa shape index (κ2) is 9.50. The second-order valence-corrected chi connectivity index (χ2v) is 8.74. The van der Waals surface area contributed by atoms with E-state index in [1.54, 1.807) is 30.3 Å². The lowest BCUT2D eigenvalue weighted by atomic mass is 10.2. The van der Waals surface area contributed by atoms with Gasteiger partial charge >= 0.3 is 0 Å². The molecule has 146 valence electrons. The number of hydrogen-bond acceptors (Lipinski definition) is 4. The van der Waals surface area contributed by atoms with Crippen molar-refractivity contribution < 1.29 is 4.79 Å². The number of hydrogen-bond donors (Lipinski definition) is 1. The van der Waals surface area contributed by atoms with Gasteiger partial charge in [0.05, 0.1) is 21.5 Å². The van der Waals surface area contributed by atoms with E-state index in [9.17, 15) is 4.79 Å². The molecule has 0 radical (unpaired) electrons. The Kier molecular flexibility index (Phi) is 7.28. The Balaban J connectivity index is 1.72. The van der Waals surface area contributed by atoms with Crippen molar-refractivity contribution >= 4 is 74.1 Å². The molecule has 0 aliphatic rings. The van der Waals surface area contributed by atoms with Crippen LogP contribution in [0.15, 0.2) is 46.0 Å². The molecule has 0 saturated carbocycles. The van der Waals surface area contributed by atoms with Gasteiger partial charge in [0, 0.05) is 21.6 Å². The lowest BCUT2D eigenvalue weighted by Crippen LogP contribution is -2.15. The van der Waals surface area contributed by atoms with Crippen molar-refractivity contribution in [3.63, 3.8) is 0 Å². The Morgan fingerprint density at radius 2 is 1.93 bits per heavy atom. The zero-order chi connectivity index (χ0) is 20.3. The van der Waals surface area contributed by atoms with Crippen LogP contribution in [0.2, 0.25) is 15.1 Å². The van der Waals surface area contributed by atoms with Crippen molar-refractivity contribution in [3.05, 3.63) is 55.9 Å². The predicted molar refractivity (Wildman–Crippen MR) is 120 cm³/mol. The first kappa shape index (κ1) is 21.5. The standard InChI is InChI=1S/C18H14BrCl3N4OS/c1-2-26-17(12-5-4-11(20)8-13(12)21)24-25-18(26)28-9-16(27)23-15-6-3-10(19)7-14(15)22/h3-8H,2,9H2,1H3,(H,23,27). The molecule has 0 unspecified atom stereocenters. The van der Waals surface area contributed by atoms with Crippen LogP contribution in [0.1, 0.15) is 6.92 Å². The number of amides is 1. The first-order valence-electron chi connectivity index (χ1n) is 8.15. The van der Waals surface area contributed by atoms with Crippen LogP contribution in [0.3, 0.4) is 0 Å². The van der Waals surface area contributed by atoms with Gasteiger partial charge in [-0.25, -0.2) is 0 Å². The summed E-state index contributed by atoms with van der Waals surface area (Å²) in [6, 6.07) is 10.5. The number of thioether (sulfide) groups is 1. The van der Waals surface area contributed by atoms with Crippen LogP contribution >= 0.6 is 62.5 Å². The molecule has 1 heterocycles. The first-order valence-corrected chi connectivity index (χ1v) is 11.1. The van der Waals surface area contributed by atoms with Crippen molar-refractivity contribution in [1.29, 1.82) is 0 Å². The van der Waals surface area contributed by atoms with Crippen molar-refractivity contribution in [3.8, 4) is 11.4 Å². The van der Waals surface area contributed by atoms with Crippen molar-refractivity contribution in [2.45, 2.75) is 18.6 Å². The molecular weight excluding hydrogens is 507 g/mol. The van der Waals surface area contributed by atoms with Gasteiger partial charge in [0.1, 0.15) is 0 Å². The monoisotopic (exact) mass is 518 g/mol. The minimum Gasteiger partial charge on any atom is -0.324 e. The first-order chi connectivity index (χ1) is 13.4. The summed E-state index contributed by atoms with van der Waals surface area (Å²) in [5.74, 6) is 0.604. The Bertz CT molecular complexity index is 1030. The maximum Gasteiger partial charge on any atom is 0.234 e. The number of nitrogens with one attached hydrogen (secondary N) is 1. The summed E-state index contributed by atoms with van der Waals surface area (Å²) in [6.45, 7) is 2.60. The highest BCUT2D eigenvalue weighted by Crippen LogP contribution is 2.31. The SMILES string of the molecule is CCn1c(SCC(=O)Nc2ccc(Br)cc2Cl)nnc1-c1ccc(Cl)cc1Cl. The summed E-state index contributed by atoms with van der Waals surface area (Å²) in [5.41, 5.74) is 1.29. The molecule has 3 aromatic rings. The second-order valence-electron chi connectivity index (χ2n) is 5.64. The Hall–Kier alpha value is -1.25. The molecule has 5 nitrogen and oxygen atoms in total. The van der Waals surface area contributed by atoms with E-state index in [4.69, 9.17) is 34.8 Å². The third kappa shape index (κ3) is 5.02. The minimum atomic E-state index is -0.189. The molecule has 10 heteroatoms.